The predicted molar refractivity (Wildman–Crippen MR) is 117 cm³/mol. The van der Waals surface area contributed by atoms with Crippen LogP contribution in [0.2, 0.25) is 0 Å². The number of amides is 1. The molecule has 0 saturated carbocycles. The zero-order valence-electron chi connectivity index (χ0n) is 17.0. The molecule has 0 radical (unpaired) electrons. The summed E-state index contributed by atoms with van der Waals surface area (Å²) in [5.74, 6) is 0.0440. The summed E-state index contributed by atoms with van der Waals surface area (Å²) in [6.07, 6.45) is 0.737. The number of methoxy groups -OCH3 is 1. The number of halogens is 1. The Balaban J connectivity index is 1.73. The maximum Gasteiger partial charge on any atom is 0.295 e. The van der Waals surface area contributed by atoms with E-state index in [0.717, 1.165) is 18.4 Å². The smallest absolute Gasteiger partial charge is 0.295 e. The molecule has 2 aromatic carbocycles. The topological polar surface area (TPSA) is 58.8 Å². The van der Waals surface area contributed by atoms with Gasteiger partial charge in [-0.2, -0.15) is 0 Å². The molecule has 156 valence electrons. The van der Waals surface area contributed by atoms with Crippen molar-refractivity contribution in [3.8, 4) is 5.75 Å². The van der Waals surface area contributed by atoms with Crippen molar-refractivity contribution >= 4 is 43.6 Å². The molecule has 4 rings (SSSR count). The number of ether oxygens (including phenoxy) is 1. The second kappa shape index (κ2) is 8.41. The Kier molecular flexibility index (Phi) is 5.69. The molecule has 0 saturated heterocycles. The van der Waals surface area contributed by atoms with Gasteiger partial charge in [-0.15, -0.1) is 0 Å². The van der Waals surface area contributed by atoms with E-state index in [1.165, 1.54) is 17.4 Å². The Labute approximate surface area is 177 Å². The molecule has 0 bridgehead atoms. The normalized spacial score (nSPS) is 11.5. The van der Waals surface area contributed by atoms with Gasteiger partial charge in [0.05, 0.1) is 11.8 Å². The van der Waals surface area contributed by atoms with Crippen LogP contribution in [0.25, 0.3) is 21.2 Å². The SMILES string of the molecule is COc1cccc2cc(C(=O)N(CCCN(C)C)c3nc4c(F)cccc4s3)oc12. The first-order valence-electron chi connectivity index (χ1n) is 9.56. The van der Waals surface area contributed by atoms with E-state index in [9.17, 15) is 9.18 Å². The summed E-state index contributed by atoms with van der Waals surface area (Å²) < 4.78 is 26.1. The fraction of sp³-hybridized carbons (Fsp3) is 0.273. The fourth-order valence-corrected chi connectivity index (χ4v) is 4.29. The highest BCUT2D eigenvalue weighted by molar-refractivity contribution is 7.22. The lowest BCUT2D eigenvalue weighted by Gasteiger charge is -2.19. The summed E-state index contributed by atoms with van der Waals surface area (Å²) in [4.78, 5) is 21.4. The van der Waals surface area contributed by atoms with Crippen molar-refractivity contribution in [1.29, 1.82) is 0 Å². The van der Waals surface area contributed by atoms with Gasteiger partial charge in [-0.3, -0.25) is 9.69 Å². The first-order chi connectivity index (χ1) is 14.5. The van der Waals surface area contributed by atoms with Crippen LogP contribution in [-0.2, 0) is 0 Å². The van der Waals surface area contributed by atoms with Gasteiger partial charge < -0.3 is 14.1 Å². The van der Waals surface area contributed by atoms with E-state index in [1.807, 2.05) is 31.1 Å². The van der Waals surface area contributed by atoms with Crippen LogP contribution in [0, 0.1) is 5.82 Å². The molecule has 0 fully saturated rings. The molecule has 0 aliphatic heterocycles. The average molecular weight is 428 g/mol. The molecule has 8 heteroatoms. The molecule has 0 N–H and O–H groups in total. The monoisotopic (exact) mass is 427 g/mol. The Morgan fingerprint density at radius 1 is 1.20 bits per heavy atom. The van der Waals surface area contributed by atoms with E-state index >= 15 is 0 Å². The van der Waals surface area contributed by atoms with E-state index in [1.54, 1.807) is 36.3 Å². The number of fused-ring (bicyclic) bond motifs is 2. The molecular weight excluding hydrogens is 405 g/mol. The van der Waals surface area contributed by atoms with Gasteiger partial charge in [0.2, 0.25) is 0 Å². The number of para-hydroxylation sites is 2. The van der Waals surface area contributed by atoms with E-state index in [-0.39, 0.29) is 17.2 Å². The average Bonchev–Trinajstić information content (AvgIpc) is 3.35. The molecule has 0 spiro atoms. The Bertz CT molecular complexity index is 1200. The van der Waals surface area contributed by atoms with Crippen LogP contribution < -0.4 is 9.64 Å². The van der Waals surface area contributed by atoms with Gasteiger partial charge in [0.25, 0.3) is 5.91 Å². The van der Waals surface area contributed by atoms with Crippen molar-refractivity contribution in [2.24, 2.45) is 0 Å². The number of hydrogen-bond acceptors (Lipinski definition) is 6. The van der Waals surface area contributed by atoms with Gasteiger partial charge in [-0.05, 0) is 51.3 Å². The van der Waals surface area contributed by atoms with Crippen molar-refractivity contribution < 1.29 is 18.3 Å². The molecular formula is C22H22FN3O3S. The van der Waals surface area contributed by atoms with Gasteiger partial charge >= 0.3 is 0 Å². The van der Waals surface area contributed by atoms with Crippen LogP contribution in [0.15, 0.2) is 46.9 Å². The highest BCUT2D eigenvalue weighted by atomic mass is 32.1. The number of carbonyl (C=O) groups excluding carboxylic acids is 1. The maximum absolute atomic E-state index is 14.2. The summed E-state index contributed by atoms with van der Waals surface area (Å²) in [5, 5.41) is 1.23. The van der Waals surface area contributed by atoms with Gasteiger partial charge in [0, 0.05) is 11.9 Å². The molecule has 2 aromatic heterocycles. The van der Waals surface area contributed by atoms with Crippen molar-refractivity contribution in [3.63, 3.8) is 0 Å². The second-order valence-electron chi connectivity index (χ2n) is 7.19. The largest absolute Gasteiger partial charge is 0.493 e. The lowest BCUT2D eigenvalue weighted by Crippen LogP contribution is -2.33. The molecule has 0 aliphatic carbocycles. The highest BCUT2D eigenvalue weighted by Gasteiger charge is 2.25. The first-order valence-corrected chi connectivity index (χ1v) is 10.4. The zero-order valence-corrected chi connectivity index (χ0v) is 17.8. The van der Waals surface area contributed by atoms with Crippen LogP contribution in [0.1, 0.15) is 17.0 Å². The van der Waals surface area contributed by atoms with Crippen molar-refractivity contribution in [2.45, 2.75) is 6.42 Å². The number of nitrogens with zero attached hydrogens (tertiary/aromatic N) is 3. The number of rotatable bonds is 7. The van der Waals surface area contributed by atoms with E-state index in [0.29, 0.717) is 27.7 Å². The van der Waals surface area contributed by atoms with Gasteiger partial charge in [-0.1, -0.05) is 29.5 Å². The summed E-state index contributed by atoms with van der Waals surface area (Å²) in [7, 11) is 5.51. The zero-order chi connectivity index (χ0) is 21.3. The lowest BCUT2D eigenvalue weighted by molar-refractivity contribution is 0.0961. The molecule has 0 atom stereocenters. The number of carbonyl (C=O) groups is 1. The molecule has 0 aliphatic rings. The van der Waals surface area contributed by atoms with E-state index in [4.69, 9.17) is 9.15 Å². The molecule has 2 heterocycles. The molecule has 0 unspecified atom stereocenters. The standard InChI is InChI=1S/C22H22FN3O3S/c1-25(2)11-6-12-26(22-24-19-15(23)8-5-10-18(19)30-22)21(27)17-13-14-7-4-9-16(28-3)20(14)29-17/h4-5,7-10,13H,6,11-12H2,1-3H3. The Morgan fingerprint density at radius 3 is 2.73 bits per heavy atom. The predicted octanol–water partition coefficient (Wildman–Crippen LogP) is 4.79. The van der Waals surface area contributed by atoms with E-state index < -0.39 is 5.82 Å². The summed E-state index contributed by atoms with van der Waals surface area (Å²) in [5.41, 5.74) is 0.793. The van der Waals surface area contributed by atoms with Crippen molar-refractivity contribution in [1.82, 2.24) is 9.88 Å². The minimum Gasteiger partial charge on any atom is -0.493 e. The number of thiazole rings is 1. The van der Waals surface area contributed by atoms with Crippen LogP contribution in [-0.4, -0.2) is 50.1 Å². The van der Waals surface area contributed by atoms with Gasteiger partial charge in [0.15, 0.2) is 22.2 Å². The second-order valence-corrected chi connectivity index (χ2v) is 8.20. The quantitative estimate of drug-likeness (QED) is 0.424. The van der Waals surface area contributed by atoms with Crippen molar-refractivity contribution in [3.05, 3.63) is 54.0 Å². The Hall–Kier alpha value is -2.97. The van der Waals surface area contributed by atoms with Gasteiger partial charge in [-0.25, -0.2) is 9.37 Å². The number of hydrogen-bond donors (Lipinski definition) is 0. The number of aromatic nitrogens is 1. The third kappa shape index (κ3) is 3.88. The third-order valence-electron chi connectivity index (χ3n) is 4.76. The minimum atomic E-state index is -0.399. The number of furan rings is 1. The fourth-order valence-electron chi connectivity index (χ4n) is 3.28. The van der Waals surface area contributed by atoms with Crippen LogP contribution >= 0.6 is 11.3 Å². The highest BCUT2D eigenvalue weighted by Crippen LogP contribution is 2.33. The van der Waals surface area contributed by atoms with Crippen LogP contribution in [0.5, 0.6) is 5.75 Å². The summed E-state index contributed by atoms with van der Waals surface area (Å²) in [6.45, 7) is 1.24. The third-order valence-corrected chi connectivity index (χ3v) is 5.80. The molecule has 4 aromatic rings. The Morgan fingerprint density at radius 2 is 2.00 bits per heavy atom. The van der Waals surface area contributed by atoms with Gasteiger partial charge in [0.1, 0.15) is 11.3 Å². The lowest BCUT2D eigenvalue weighted by atomic mass is 10.2. The molecule has 1 amide bonds. The van der Waals surface area contributed by atoms with Crippen LogP contribution in [0.4, 0.5) is 9.52 Å². The van der Waals surface area contributed by atoms with E-state index in [2.05, 4.69) is 4.98 Å². The summed E-state index contributed by atoms with van der Waals surface area (Å²) >= 11 is 1.29. The molecule has 30 heavy (non-hydrogen) atoms. The minimum absolute atomic E-state index is 0.194. The van der Waals surface area contributed by atoms with Crippen molar-refractivity contribution in [2.75, 3.05) is 39.2 Å². The maximum atomic E-state index is 14.2. The summed E-state index contributed by atoms with van der Waals surface area (Å²) in [6, 6.07) is 12.0. The number of anilines is 1. The van der Waals surface area contributed by atoms with Crippen LogP contribution in [0.3, 0.4) is 0 Å². The number of benzene rings is 2. The molecule has 6 nitrogen and oxygen atoms in total. The first kappa shape index (κ1) is 20.3.